The van der Waals surface area contributed by atoms with Crippen molar-refractivity contribution in [2.75, 3.05) is 5.32 Å². The number of nitrogens with one attached hydrogen (secondary N) is 1. The van der Waals surface area contributed by atoms with Crippen LogP contribution < -0.4 is 10.1 Å². The second kappa shape index (κ2) is 7.32. The molecule has 0 saturated heterocycles. The van der Waals surface area contributed by atoms with E-state index in [1.165, 1.54) is 6.92 Å². The number of anilines is 1. The van der Waals surface area contributed by atoms with Crippen LogP contribution in [0.15, 0.2) is 36.5 Å². The molecule has 0 fully saturated rings. The molecule has 0 radical (unpaired) electrons. The lowest BCUT2D eigenvalue weighted by molar-refractivity contribution is -0.114. The monoisotopic (exact) mass is 347 g/mol. The summed E-state index contributed by atoms with van der Waals surface area (Å²) in [6.07, 6.45) is 7.93. The van der Waals surface area contributed by atoms with Gasteiger partial charge in [0.2, 0.25) is 5.91 Å². The van der Waals surface area contributed by atoms with E-state index in [1.54, 1.807) is 0 Å². The number of carbonyl (C=O) groups is 1. The predicted octanol–water partition coefficient (Wildman–Crippen LogP) is 3.66. The zero-order valence-electron chi connectivity index (χ0n) is 15.2. The molecule has 5 nitrogen and oxygen atoms in total. The summed E-state index contributed by atoms with van der Waals surface area (Å²) < 4.78 is 8.02. The maximum Gasteiger partial charge on any atom is 0.221 e. The SMILES string of the molecule is C#CCc1c(C)nc2c(OCc3cc(NC(C)=O)ccc3C)cccn12. The van der Waals surface area contributed by atoms with Crippen molar-refractivity contribution in [1.82, 2.24) is 9.38 Å². The van der Waals surface area contributed by atoms with Crippen molar-refractivity contribution < 1.29 is 9.53 Å². The van der Waals surface area contributed by atoms with Gasteiger partial charge in [-0.25, -0.2) is 4.98 Å². The Balaban J connectivity index is 1.88. The number of amides is 1. The fourth-order valence-corrected chi connectivity index (χ4v) is 2.89. The molecule has 0 atom stereocenters. The summed E-state index contributed by atoms with van der Waals surface area (Å²) in [6, 6.07) is 9.59. The first-order chi connectivity index (χ1) is 12.5. The Morgan fingerprint density at radius 3 is 2.88 bits per heavy atom. The van der Waals surface area contributed by atoms with E-state index < -0.39 is 0 Å². The van der Waals surface area contributed by atoms with Gasteiger partial charge < -0.3 is 10.1 Å². The van der Waals surface area contributed by atoms with Crippen LogP contribution in [0.2, 0.25) is 0 Å². The van der Waals surface area contributed by atoms with Crippen molar-refractivity contribution in [2.24, 2.45) is 0 Å². The second-order valence-electron chi connectivity index (χ2n) is 6.20. The average Bonchev–Trinajstić information content (AvgIpc) is 2.92. The highest BCUT2D eigenvalue weighted by Crippen LogP contribution is 2.24. The number of aryl methyl sites for hydroxylation is 2. The zero-order valence-corrected chi connectivity index (χ0v) is 15.2. The van der Waals surface area contributed by atoms with Crippen LogP contribution in [0.3, 0.4) is 0 Å². The number of ether oxygens (including phenoxy) is 1. The van der Waals surface area contributed by atoms with Gasteiger partial charge >= 0.3 is 0 Å². The highest BCUT2D eigenvalue weighted by Gasteiger charge is 2.12. The van der Waals surface area contributed by atoms with Gasteiger partial charge in [-0.2, -0.15) is 0 Å². The Labute approximate surface area is 153 Å². The van der Waals surface area contributed by atoms with Crippen LogP contribution in [0.5, 0.6) is 5.75 Å². The molecule has 3 rings (SSSR count). The molecule has 0 unspecified atom stereocenters. The Kier molecular flexibility index (Phi) is 4.94. The van der Waals surface area contributed by atoms with Crippen LogP contribution in [0.25, 0.3) is 5.65 Å². The predicted molar refractivity (Wildman–Crippen MR) is 102 cm³/mol. The molecule has 0 saturated carbocycles. The van der Waals surface area contributed by atoms with Crippen LogP contribution >= 0.6 is 0 Å². The number of hydrogen-bond acceptors (Lipinski definition) is 3. The Hall–Kier alpha value is -3.26. The van der Waals surface area contributed by atoms with Crippen LogP contribution in [-0.4, -0.2) is 15.3 Å². The number of nitrogens with zero attached hydrogens (tertiary/aromatic N) is 2. The molecule has 2 heterocycles. The first kappa shape index (κ1) is 17.6. The molecule has 0 aliphatic carbocycles. The molecular weight excluding hydrogens is 326 g/mol. The molecule has 132 valence electrons. The lowest BCUT2D eigenvalue weighted by Gasteiger charge is -2.12. The van der Waals surface area contributed by atoms with E-state index in [1.807, 2.05) is 54.8 Å². The number of imidazole rings is 1. The number of carbonyl (C=O) groups excluding carboxylic acids is 1. The van der Waals surface area contributed by atoms with E-state index in [9.17, 15) is 4.79 Å². The molecule has 1 N–H and O–H groups in total. The van der Waals surface area contributed by atoms with E-state index in [4.69, 9.17) is 11.2 Å². The Morgan fingerprint density at radius 2 is 2.15 bits per heavy atom. The maximum absolute atomic E-state index is 11.3. The molecule has 0 bridgehead atoms. The van der Waals surface area contributed by atoms with Gasteiger partial charge in [-0.15, -0.1) is 12.3 Å². The van der Waals surface area contributed by atoms with E-state index >= 15 is 0 Å². The summed E-state index contributed by atoms with van der Waals surface area (Å²) in [5, 5.41) is 2.80. The minimum atomic E-state index is -0.0978. The number of aromatic nitrogens is 2. The van der Waals surface area contributed by atoms with Gasteiger partial charge in [0.25, 0.3) is 0 Å². The summed E-state index contributed by atoms with van der Waals surface area (Å²) in [6.45, 7) is 5.84. The number of rotatable bonds is 5. The third-order valence-corrected chi connectivity index (χ3v) is 4.24. The summed E-state index contributed by atoms with van der Waals surface area (Å²) in [5.41, 5.74) is 5.52. The smallest absolute Gasteiger partial charge is 0.221 e. The lowest BCUT2D eigenvalue weighted by atomic mass is 10.1. The number of benzene rings is 1. The second-order valence-corrected chi connectivity index (χ2v) is 6.20. The molecule has 0 spiro atoms. The van der Waals surface area contributed by atoms with Crippen molar-refractivity contribution in [1.29, 1.82) is 0 Å². The summed E-state index contributed by atoms with van der Waals surface area (Å²) in [7, 11) is 0. The lowest BCUT2D eigenvalue weighted by Crippen LogP contribution is -2.07. The number of terminal acetylenes is 1. The minimum absolute atomic E-state index is 0.0978. The van der Waals surface area contributed by atoms with Gasteiger partial charge in [0.15, 0.2) is 11.4 Å². The molecule has 3 aromatic rings. The molecule has 0 aliphatic heterocycles. The van der Waals surface area contributed by atoms with E-state index in [0.717, 1.165) is 33.8 Å². The first-order valence-electron chi connectivity index (χ1n) is 8.39. The zero-order chi connectivity index (χ0) is 18.7. The number of fused-ring (bicyclic) bond motifs is 1. The summed E-state index contributed by atoms with van der Waals surface area (Å²) in [5.74, 6) is 3.27. The van der Waals surface area contributed by atoms with Gasteiger partial charge in [-0.3, -0.25) is 9.20 Å². The highest BCUT2D eigenvalue weighted by molar-refractivity contribution is 5.88. The maximum atomic E-state index is 11.3. The fraction of sp³-hybridized carbons (Fsp3) is 0.238. The summed E-state index contributed by atoms with van der Waals surface area (Å²) in [4.78, 5) is 15.9. The molecule has 1 aromatic carbocycles. The van der Waals surface area contributed by atoms with Crippen LogP contribution in [0.4, 0.5) is 5.69 Å². The molecule has 5 heteroatoms. The summed E-state index contributed by atoms with van der Waals surface area (Å²) >= 11 is 0. The van der Waals surface area contributed by atoms with Gasteiger partial charge in [-0.1, -0.05) is 6.07 Å². The van der Waals surface area contributed by atoms with Crippen molar-refractivity contribution in [3.8, 4) is 18.1 Å². The molecule has 2 aromatic heterocycles. The minimum Gasteiger partial charge on any atom is -0.485 e. The van der Waals surface area contributed by atoms with E-state index in [2.05, 4.69) is 16.2 Å². The van der Waals surface area contributed by atoms with Crippen LogP contribution in [0.1, 0.15) is 29.4 Å². The van der Waals surface area contributed by atoms with Crippen LogP contribution in [-0.2, 0) is 17.8 Å². The van der Waals surface area contributed by atoms with Crippen molar-refractivity contribution >= 4 is 17.2 Å². The Morgan fingerprint density at radius 1 is 1.35 bits per heavy atom. The number of hydrogen-bond donors (Lipinski definition) is 1. The average molecular weight is 347 g/mol. The Bertz CT molecular complexity index is 1010. The largest absolute Gasteiger partial charge is 0.485 e. The highest BCUT2D eigenvalue weighted by atomic mass is 16.5. The van der Waals surface area contributed by atoms with Gasteiger partial charge in [0.1, 0.15) is 6.61 Å². The van der Waals surface area contributed by atoms with Crippen LogP contribution in [0, 0.1) is 26.2 Å². The van der Waals surface area contributed by atoms with Crippen molar-refractivity contribution in [2.45, 2.75) is 33.8 Å². The van der Waals surface area contributed by atoms with Gasteiger partial charge in [-0.05, 0) is 49.2 Å². The fourth-order valence-electron chi connectivity index (χ4n) is 2.89. The standard InChI is InChI=1S/C21H21N3O2/c1-5-7-19-15(3)22-21-20(8-6-11-24(19)21)26-13-17-12-18(23-16(4)25)10-9-14(17)2/h1,6,8-12H,7,13H2,2-4H3,(H,23,25). The number of pyridine rings is 1. The normalized spacial score (nSPS) is 10.5. The topological polar surface area (TPSA) is 55.6 Å². The van der Waals surface area contributed by atoms with Gasteiger partial charge in [0, 0.05) is 18.8 Å². The quantitative estimate of drug-likeness (QED) is 0.717. The molecule has 0 aliphatic rings. The third-order valence-electron chi connectivity index (χ3n) is 4.24. The van der Waals surface area contributed by atoms with Crippen molar-refractivity contribution in [3.63, 3.8) is 0 Å². The molecular formula is C21H21N3O2. The molecule has 1 amide bonds. The van der Waals surface area contributed by atoms with Gasteiger partial charge in [0.05, 0.1) is 17.8 Å². The van der Waals surface area contributed by atoms with E-state index in [0.29, 0.717) is 18.8 Å². The van der Waals surface area contributed by atoms with Crippen molar-refractivity contribution in [3.05, 3.63) is 59.0 Å². The van der Waals surface area contributed by atoms with E-state index in [-0.39, 0.29) is 5.91 Å². The third kappa shape index (κ3) is 3.55. The first-order valence-corrected chi connectivity index (χ1v) is 8.39. The molecule has 26 heavy (non-hydrogen) atoms.